The van der Waals surface area contributed by atoms with Gasteiger partial charge in [0.2, 0.25) is 0 Å². The van der Waals surface area contributed by atoms with E-state index in [9.17, 15) is 14.4 Å². The first-order valence-corrected chi connectivity index (χ1v) is 20.9. The van der Waals surface area contributed by atoms with Crippen molar-refractivity contribution in [3.05, 3.63) is 109 Å². The maximum Gasteiger partial charge on any atom is 0.306 e. The second kappa shape index (κ2) is 41.8. The normalized spacial score (nSPS) is 13.2. The van der Waals surface area contributed by atoms with E-state index in [1.54, 1.807) is 0 Å². The van der Waals surface area contributed by atoms with E-state index < -0.39 is 12.1 Å². The Balaban J connectivity index is 4.60. The predicted molar refractivity (Wildman–Crippen MR) is 228 cm³/mol. The van der Waals surface area contributed by atoms with E-state index in [0.717, 1.165) is 70.6 Å². The Morgan fingerprint density at radius 2 is 0.759 bits per heavy atom. The lowest BCUT2D eigenvalue weighted by Gasteiger charge is -2.18. The fraction of sp³-hybridized carbons (Fsp3) is 0.562. The average molecular weight is 747 g/mol. The molecule has 0 aromatic rings. The number of hydrogen-bond acceptors (Lipinski definition) is 6. The highest BCUT2D eigenvalue weighted by Gasteiger charge is 2.19. The molecule has 0 aliphatic heterocycles. The monoisotopic (exact) mass is 747 g/mol. The van der Waals surface area contributed by atoms with Gasteiger partial charge >= 0.3 is 17.9 Å². The molecule has 0 radical (unpaired) electrons. The zero-order valence-electron chi connectivity index (χ0n) is 34.2. The fourth-order valence-corrected chi connectivity index (χ4v) is 4.93. The van der Waals surface area contributed by atoms with Crippen LogP contribution in [0.1, 0.15) is 156 Å². The van der Waals surface area contributed by atoms with E-state index in [2.05, 4.69) is 118 Å². The largest absolute Gasteiger partial charge is 0.462 e. The highest BCUT2D eigenvalue weighted by molar-refractivity contribution is 5.71. The lowest BCUT2D eigenvalue weighted by Crippen LogP contribution is -2.30. The van der Waals surface area contributed by atoms with Crippen molar-refractivity contribution in [2.75, 3.05) is 13.2 Å². The van der Waals surface area contributed by atoms with Crippen LogP contribution in [0, 0.1) is 0 Å². The van der Waals surface area contributed by atoms with E-state index in [1.165, 1.54) is 25.7 Å². The fourth-order valence-electron chi connectivity index (χ4n) is 4.93. The van der Waals surface area contributed by atoms with Crippen LogP contribution in [0.3, 0.4) is 0 Å². The number of carbonyl (C=O) groups excluding carboxylic acids is 3. The number of hydrogen-bond donors (Lipinski definition) is 0. The third-order valence-corrected chi connectivity index (χ3v) is 8.01. The molecule has 0 fully saturated rings. The highest BCUT2D eigenvalue weighted by Crippen LogP contribution is 2.08. The van der Waals surface area contributed by atoms with Gasteiger partial charge in [-0.1, -0.05) is 149 Å². The van der Waals surface area contributed by atoms with E-state index in [1.807, 2.05) is 12.2 Å². The van der Waals surface area contributed by atoms with Crippen LogP contribution in [-0.2, 0) is 28.6 Å². The summed E-state index contributed by atoms with van der Waals surface area (Å²) in [5, 5.41) is 0. The summed E-state index contributed by atoms with van der Waals surface area (Å²) in [5.41, 5.74) is 0. The molecular formula is C48H74O6. The number of unbranched alkanes of at least 4 members (excludes halogenated alkanes) is 6. The highest BCUT2D eigenvalue weighted by atomic mass is 16.6. The van der Waals surface area contributed by atoms with Crippen molar-refractivity contribution in [2.24, 2.45) is 0 Å². The zero-order chi connectivity index (χ0) is 39.4. The molecule has 0 aromatic carbocycles. The molecule has 1 atom stereocenters. The second-order valence-electron chi connectivity index (χ2n) is 13.1. The Labute approximate surface area is 330 Å². The maximum absolute atomic E-state index is 12.6. The van der Waals surface area contributed by atoms with Crippen LogP contribution in [-0.4, -0.2) is 37.2 Å². The molecule has 0 spiro atoms. The van der Waals surface area contributed by atoms with Gasteiger partial charge in [-0.3, -0.25) is 14.4 Å². The summed E-state index contributed by atoms with van der Waals surface area (Å²) in [6.07, 6.45) is 55.3. The van der Waals surface area contributed by atoms with Gasteiger partial charge in [-0.2, -0.15) is 0 Å². The van der Waals surface area contributed by atoms with Crippen LogP contribution in [0.25, 0.3) is 0 Å². The van der Waals surface area contributed by atoms with Crippen LogP contribution >= 0.6 is 0 Å². The first kappa shape index (κ1) is 50.1. The maximum atomic E-state index is 12.6. The van der Waals surface area contributed by atoms with Crippen LogP contribution in [0.5, 0.6) is 0 Å². The third-order valence-electron chi connectivity index (χ3n) is 8.01. The first-order chi connectivity index (χ1) is 26.5. The Kier molecular flexibility index (Phi) is 38.8. The summed E-state index contributed by atoms with van der Waals surface area (Å²) in [6.45, 7) is 6.18. The van der Waals surface area contributed by atoms with Gasteiger partial charge in [-0.15, -0.1) is 0 Å². The number of esters is 3. The van der Waals surface area contributed by atoms with Crippen molar-refractivity contribution in [2.45, 2.75) is 162 Å². The number of ether oxygens (including phenoxy) is 3. The summed E-state index contributed by atoms with van der Waals surface area (Å²) in [7, 11) is 0. The van der Waals surface area contributed by atoms with Crippen LogP contribution in [0.2, 0.25) is 0 Å². The number of carbonyl (C=O) groups is 3. The van der Waals surface area contributed by atoms with Gasteiger partial charge < -0.3 is 14.2 Å². The number of rotatable bonds is 35. The minimum Gasteiger partial charge on any atom is -0.462 e. The van der Waals surface area contributed by atoms with E-state index in [0.29, 0.717) is 19.3 Å². The standard InChI is InChI=1S/C48H74O6/c1-4-7-10-13-16-19-21-22-23-24-25-27-29-32-35-38-41-47(50)53-44-45(43-52-46(49)40-37-34-31-28-18-15-12-9-6-3)54-48(51)42-39-36-33-30-26-20-17-14-11-8-5-2/h7-8,10-11,16-17,19-20,22-23,25,27-28,30-33,35,45H,4-6,9,12-15,18,21,24,26,29,34,36-44H2,1-3H3/b10-7-,11-8-,19-16-,20-17-,23-22-,27-25-,31-28-,33-30-,35-32-. The molecule has 6 heteroatoms. The summed E-state index contributed by atoms with van der Waals surface area (Å²) in [5.74, 6) is -1.13. The molecule has 0 bridgehead atoms. The molecule has 6 nitrogen and oxygen atoms in total. The van der Waals surface area contributed by atoms with E-state index in [4.69, 9.17) is 14.2 Å². The first-order valence-electron chi connectivity index (χ1n) is 20.9. The zero-order valence-corrected chi connectivity index (χ0v) is 34.2. The molecule has 0 saturated carbocycles. The van der Waals surface area contributed by atoms with Crippen molar-refractivity contribution in [1.29, 1.82) is 0 Å². The predicted octanol–water partition coefficient (Wildman–Crippen LogP) is 13.2. The molecule has 302 valence electrons. The second-order valence-corrected chi connectivity index (χ2v) is 13.1. The molecule has 0 amide bonds. The van der Waals surface area contributed by atoms with E-state index >= 15 is 0 Å². The SMILES string of the molecule is CC/C=C\C/C=C\C/C=C\C/C=C\C/C=C\CCC(=O)OCC(COC(=O)CCC/C=C\CCCCCC)OC(=O)CCC/C=C\C/C=C\C/C=C\CC. The molecule has 54 heavy (non-hydrogen) atoms. The van der Waals surface area contributed by atoms with Gasteiger partial charge in [-0.05, 0) is 96.3 Å². The third kappa shape index (κ3) is 39.3. The van der Waals surface area contributed by atoms with Crippen molar-refractivity contribution >= 4 is 17.9 Å². The molecule has 0 N–H and O–H groups in total. The molecule has 0 aliphatic rings. The van der Waals surface area contributed by atoms with Crippen molar-refractivity contribution in [1.82, 2.24) is 0 Å². The van der Waals surface area contributed by atoms with Crippen LogP contribution in [0.4, 0.5) is 0 Å². The molecule has 0 rings (SSSR count). The quantitative estimate of drug-likeness (QED) is 0.0278. The van der Waals surface area contributed by atoms with Crippen molar-refractivity contribution < 1.29 is 28.6 Å². The summed E-state index contributed by atoms with van der Waals surface area (Å²) < 4.78 is 16.5. The molecule has 0 heterocycles. The lowest BCUT2D eigenvalue weighted by molar-refractivity contribution is -0.166. The van der Waals surface area contributed by atoms with E-state index in [-0.39, 0.29) is 44.4 Å². The summed E-state index contributed by atoms with van der Waals surface area (Å²) in [4.78, 5) is 37.5. The molecule has 0 saturated heterocycles. The van der Waals surface area contributed by atoms with Gasteiger partial charge in [-0.25, -0.2) is 0 Å². The van der Waals surface area contributed by atoms with Gasteiger partial charge in [0.1, 0.15) is 13.2 Å². The number of allylic oxidation sites excluding steroid dienone is 18. The van der Waals surface area contributed by atoms with Crippen molar-refractivity contribution in [3.63, 3.8) is 0 Å². The molecular weight excluding hydrogens is 673 g/mol. The van der Waals surface area contributed by atoms with Gasteiger partial charge in [0.25, 0.3) is 0 Å². The minimum absolute atomic E-state index is 0.139. The topological polar surface area (TPSA) is 78.9 Å². The molecule has 0 aromatic heterocycles. The Hall–Kier alpha value is -3.93. The van der Waals surface area contributed by atoms with Crippen LogP contribution < -0.4 is 0 Å². The van der Waals surface area contributed by atoms with Crippen molar-refractivity contribution in [3.8, 4) is 0 Å². The van der Waals surface area contributed by atoms with Gasteiger partial charge in [0.05, 0.1) is 0 Å². The van der Waals surface area contributed by atoms with Gasteiger partial charge in [0, 0.05) is 19.3 Å². The average Bonchev–Trinajstić information content (AvgIpc) is 3.17. The Bertz CT molecular complexity index is 1180. The minimum atomic E-state index is -0.843. The smallest absolute Gasteiger partial charge is 0.306 e. The Morgan fingerprint density at radius 1 is 0.389 bits per heavy atom. The summed E-state index contributed by atoms with van der Waals surface area (Å²) in [6, 6.07) is 0. The lowest BCUT2D eigenvalue weighted by atomic mass is 10.1. The Morgan fingerprint density at radius 3 is 1.22 bits per heavy atom. The van der Waals surface area contributed by atoms with Crippen LogP contribution in [0.15, 0.2) is 109 Å². The summed E-state index contributed by atoms with van der Waals surface area (Å²) >= 11 is 0. The molecule has 0 aliphatic carbocycles. The van der Waals surface area contributed by atoms with Gasteiger partial charge in [0.15, 0.2) is 6.10 Å². The molecule has 1 unspecified atom stereocenters.